The van der Waals surface area contributed by atoms with E-state index in [1.54, 1.807) is 37.7 Å². The Bertz CT molecular complexity index is 2160. The highest BCUT2D eigenvalue weighted by Gasteiger charge is 2.40. The molecule has 6 rings (SSSR count). The Balaban J connectivity index is 1.36. The molecule has 4 aromatic carbocycles. The Hall–Kier alpha value is -5.51. The standard InChI is InChI=1S/C45H50N2O7/c1-4-32-10-11-33-7-5-6-8-36(33)37(32)22-38-34(12-14-40(50)44(38)54-3)21-35(19-30-15-17-46-26-30)41(51)23-43(52)45(28-48,25-31-16-18-47-27-31)24-29-9-13-39(49)42(20-29)53-2/h5-18,20,26-27,35,41,46-51H,4,19,21-25,28H2,1-3H3. The highest BCUT2D eigenvalue weighted by Crippen LogP contribution is 2.39. The van der Waals surface area contributed by atoms with Gasteiger partial charge >= 0.3 is 0 Å². The Kier molecular flexibility index (Phi) is 12.1. The lowest BCUT2D eigenvalue weighted by Gasteiger charge is -2.33. The summed E-state index contributed by atoms with van der Waals surface area (Å²) in [4.78, 5) is 20.7. The zero-order valence-electron chi connectivity index (χ0n) is 31.1. The number of H-pyrrole nitrogens is 2. The quantitative estimate of drug-likeness (QED) is 0.0546. The zero-order chi connectivity index (χ0) is 38.2. The van der Waals surface area contributed by atoms with Crippen molar-refractivity contribution < 1.29 is 34.7 Å². The van der Waals surface area contributed by atoms with Crippen molar-refractivity contribution in [3.05, 3.63) is 143 Å². The van der Waals surface area contributed by atoms with E-state index in [0.717, 1.165) is 45.0 Å². The van der Waals surface area contributed by atoms with Crippen LogP contribution < -0.4 is 9.47 Å². The summed E-state index contributed by atoms with van der Waals surface area (Å²) in [5, 5.41) is 46.7. The number of aromatic nitrogens is 2. The van der Waals surface area contributed by atoms with Crippen LogP contribution in [0.25, 0.3) is 10.8 Å². The molecule has 2 heterocycles. The minimum absolute atomic E-state index is 0.0209. The van der Waals surface area contributed by atoms with Gasteiger partial charge in [0.25, 0.3) is 0 Å². The van der Waals surface area contributed by atoms with E-state index in [9.17, 15) is 25.2 Å². The van der Waals surface area contributed by atoms with Crippen molar-refractivity contribution in [1.82, 2.24) is 9.97 Å². The van der Waals surface area contributed by atoms with Crippen molar-refractivity contribution in [2.75, 3.05) is 20.8 Å². The van der Waals surface area contributed by atoms with Gasteiger partial charge in [0.15, 0.2) is 23.0 Å². The Labute approximate surface area is 316 Å². The molecule has 0 radical (unpaired) electrons. The summed E-state index contributed by atoms with van der Waals surface area (Å²) in [5.41, 5.74) is 5.38. The lowest BCUT2D eigenvalue weighted by atomic mass is 9.71. The van der Waals surface area contributed by atoms with Crippen molar-refractivity contribution in [3.63, 3.8) is 0 Å². The number of hydrogen-bond donors (Lipinski definition) is 6. The second-order valence-electron chi connectivity index (χ2n) is 14.3. The molecule has 0 saturated carbocycles. The molecule has 3 unspecified atom stereocenters. The van der Waals surface area contributed by atoms with E-state index < -0.39 is 24.0 Å². The zero-order valence-corrected chi connectivity index (χ0v) is 31.1. The van der Waals surface area contributed by atoms with Crippen LogP contribution in [0.15, 0.2) is 104 Å². The van der Waals surface area contributed by atoms with Gasteiger partial charge in [-0.25, -0.2) is 0 Å². The van der Waals surface area contributed by atoms with Gasteiger partial charge in [-0.3, -0.25) is 4.79 Å². The first-order chi connectivity index (χ1) is 26.2. The van der Waals surface area contributed by atoms with Gasteiger partial charge in [-0.05, 0) is 113 Å². The minimum atomic E-state index is -1.26. The largest absolute Gasteiger partial charge is 0.504 e. The summed E-state index contributed by atoms with van der Waals surface area (Å²) in [6, 6.07) is 24.9. The highest BCUT2D eigenvalue weighted by atomic mass is 16.5. The molecule has 0 spiro atoms. The molecular formula is C45H50N2O7. The number of aliphatic hydroxyl groups is 2. The number of nitrogens with one attached hydrogen (secondary N) is 2. The molecule has 6 aromatic rings. The molecule has 0 aliphatic rings. The fourth-order valence-electron chi connectivity index (χ4n) is 7.90. The van der Waals surface area contributed by atoms with Crippen LogP contribution in [0.5, 0.6) is 23.0 Å². The smallest absolute Gasteiger partial charge is 0.164 e. The van der Waals surface area contributed by atoms with Crippen LogP contribution >= 0.6 is 0 Å². The molecule has 0 aliphatic carbocycles. The summed E-state index contributed by atoms with van der Waals surface area (Å²) in [6.07, 6.45) is 8.68. The number of hydrogen-bond acceptors (Lipinski definition) is 7. The number of benzene rings is 4. The van der Waals surface area contributed by atoms with E-state index in [0.29, 0.717) is 30.6 Å². The fourth-order valence-corrected chi connectivity index (χ4v) is 7.90. The monoisotopic (exact) mass is 730 g/mol. The first kappa shape index (κ1) is 38.2. The number of aromatic hydroxyl groups is 2. The molecule has 9 heteroatoms. The number of methoxy groups -OCH3 is 2. The lowest BCUT2D eigenvalue weighted by Crippen LogP contribution is -2.42. The lowest BCUT2D eigenvalue weighted by molar-refractivity contribution is -0.134. The number of fused-ring (bicyclic) bond motifs is 1. The molecule has 54 heavy (non-hydrogen) atoms. The van der Waals surface area contributed by atoms with Crippen molar-refractivity contribution in [2.45, 2.75) is 58.0 Å². The minimum Gasteiger partial charge on any atom is -0.504 e. The maximum Gasteiger partial charge on any atom is 0.164 e. The second kappa shape index (κ2) is 17.1. The van der Waals surface area contributed by atoms with Crippen molar-refractivity contribution in [2.24, 2.45) is 11.3 Å². The Morgan fingerprint density at radius 3 is 2.17 bits per heavy atom. The van der Waals surface area contributed by atoms with E-state index in [2.05, 4.69) is 41.2 Å². The Morgan fingerprint density at radius 2 is 1.48 bits per heavy atom. The van der Waals surface area contributed by atoms with Crippen LogP contribution in [0, 0.1) is 11.3 Å². The van der Waals surface area contributed by atoms with Gasteiger partial charge in [0, 0.05) is 43.2 Å². The van der Waals surface area contributed by atoms with E-state index in [1.165, 1.54) is 18.7 Å². The SMILES string of the molecule is CCc1ccc2ccccc2c1Cc1c(CC(Cc2cc[nH]c2)C(O)CC(=O)C(CO)(Cc2cc[nH]c2)Cc2ccc(O)c(OC)c2)ccc(O)c1OC. The van der Waals surface area contributed by atoms with Gasteiger partial charge in [-0.15, -0.1) is 0 Å². The number of aliphatic hydroxyl groups excluding tert-OH is 2. The van der Waals surface area contributed by atoms with Gasteiger partial charge in [0.05, 0.1) is 32.3 Å². The summed E-state index contributed by atoms with van der Waals surface area (Å²) >= 11 is 0. The Morgan fingerprint density at radius 1 is 0.778 bits per heavy atom. The van der Waals surface area contributed by atoms with Crippen LogP contribution in [0.2, 0.25) is 0 Å². The first-order valence-electron chi connectivity index (χ1n) is 18.5. The number of ether oxygens (including phenoxy) is 2. The molecule has 0 amide bonds. The predicted molar refractivity (Wildman–Crippen MR) is 210 cm³/mol. The number of ketones is 1. The van der Waals surface area contributed by atoms with Crippen LogP contribution in [-0.2, 0) is 43.3 Å². The molecule has 282 valence electrons. The average Bonchev–Trinajstić information content (AvgIpc) is 3.91. The number of Topliss-reactive ketones (excluding diaryl/α,β-unsaturated/α-hetero) is 1. The highest BCUT2D eigenvalue weighted by molar-refractivity contribution is 5.87. The molecule has 2 aromatic heterocycles. The van der Waals surface area contributed by atoms with E-state index in [1.807, 2.05) is 42.7 Å². The molecule has 9 nitrogen and oxygen atoms in total. The van der Waals surface area contributed by atoms with E-state index in [4.69, 9.17) is 9.47 Å². The van der Waals surface area contributed by atoms with Crippen molar-refractivity contribution in [1.29, 1.82) is 0 Å². The molecule has 6 N–H and O–H groups in total. The van der Waals surface area contributed by atoms with Gasteiger partial charge in [0.2, 0.25) is 0 Å². The fraction of sp³-hybridized carbons (Fsp3) is 0.311. The molecule has 0 bridgehead atoms. The van der Waals surface area contributed by atoms with Gasteiger partial charge in [-0.2, -0.15) is 0 Å². The number of aromatic amines is 2. The van der Waals surface area contributed by atoms with Crippen LogP contribution in [0.3, 0.4) is 0 Å². The van der Waals surface area contributed by atoms with Crippen LogP contribution in [0.4, 0.5) is 0 Å². The van der Waals surface area contributed by atoms with Gasteiger partial charge < -0.3 is 39.9 Å². The van der Waals surface area contributed by atoms with Crippen molar-refractivity contribution >= 4 is 16.6 Å². The summed E-state index contributed by atoms with van der Waals surface area (Å²) < 4.78 is 11.2. The first-order valence-corrected chi connectivity index (χ1v) is 18.5. The van der Waals surface area contributed by atoms with Crippen LogP contribution in [0.1, 0.15) is 52.3 Å². The maximum atomic E-state index is 14.6. The van der Waals surface area contributed by atoms with Crippen LogP contribution in [-0.4, -0.2) is 63.1 Å². The maximum absolute atomic E-state index is 14.6. The predicted octanol–water partition coefficient (Wildman–Crippen LogP) is 7.26. The molecule has 0 fully saturated rings. The summed E-state index contributed by atoms with van der Waals surface area (Å²) in [5.74, 6) is 0.00603. The number of carbonyl (C=O) groups is 1. The molecule has 0 saturated heterocycles. The third-order valence-corrected chi connectivity index (χ3v) is 10.9. The normalized spacial score (nSPS) is 13.7. The average molecular weight is 731 g/mol. The topological polar surface area (TPSA) is 148 Å². The number of aryl methyl sites for hydroxylation is 1. The van der Waals surface area contributed by atoms with Crippen molar-refractivity contribution in [3.8, 4) is 23.0 Å². The molecular weight excluding hydrogens is 681 g/mol. The third kappa shape index (κ3) is 8.33. The second-order valence-corrected chi connectivity index (χ2v) is 14.3. The van der Waals surface area contributed by atoms with Gasteiger partial charge in [0.1, 0.15) is 5.78 Å². The van der Waals surface area contributed by atoms with E-state index in [-0.39, 0.29) is 42.3 Å². The summed E-state index contributed by atoms with van der Waals surface area (Å²) in [7, 11) is 3.02. The molecule has 0 aliphatic heterocycles. The number of rotatable bonds is 18. The third-order valence-electron chi connectivity index (χ3n) is 10.9. The summed E-state index contributed by atoms with van der Waals surface area (Å²) in [6.45, 7) is 1.69. The number of phenols is 2. The number of carbonyl (C=O) groups excluding carboxylic acids is 1. The molecule has 3 atom stereocenters. The van der Waals surface area contributed by atoms with Gasteiger partial charge in [-0.1, -0.05) is 55.5 Å². The number of phenolic OH excluding ortho intramolecular Hbond substituents is 2. The van der Waals surface area contributed by atoms with E-state index >= 15 is 0 Å².